The molecule has 2 fully saturated rings. The van der Waals surface area contributed by atoms with Gasteiger partial charge in [-0.1, -0.05) is 30.1 Å². The molecule has 1 aromatic carbocycles. The molecule has 2 aromatic rings. The van der Waals surface area contributed by atoms with Gasteiger partial charge in [0.25, 0.3) is 11.8 Å². The summed E-state index contributed by atoms with van der Waals surface area (Å²) in [5.74, 6) is 0.136. The number of hydrogen-bond acceptors (Lipinski definition) is 3. The van der Waals surface area contributed by atoms with Gasteiger partial charge in [0.2, 0.25) is 0 Å². The van der Waals surface area contributed by atoms with Crippen LogP contribution in [0.25, 0.3) is 0 Å². The predicted octanol–water partition coefficient (Wildman–Crippen LogP) is 5.37. The maximum atomic E-state index is 13.0. The van der Waals surface area contributed by atoms with Gasteiger partial charge in [0, 0.05) is 28.9 Å². The summed E-state index contributed by atoms with van der Waals surface area (Å²) < 4.78 is 39.1. The molecule has 2 aliphatic rings. The molecule has 4 rings (SSSR count). The number of aromatic nitrogens is 1. The highest BCUT2D eigenvalue weighted by molar-refractivity contribution is 6.34. The van der Waals surface area contributed by atoms with Crippen molar-refractivity contribution in [2.24, 2.45) is 17.8 Å². The van der Waals surface area contributed by atoms with Crippen molar-refractivity contribution in [1.29, 1.82) is 0 Å². The third-order valence-electron chi connectivity index (χ3n) is 6.58. The summed E-state index contributed by atoms with van der Waals surface area (Å²) in [7, 11) is 0. The highest BCUT2D eigenvalue weighted by Crippen LogP contribution is 2.59. The number of amides is 2. The van der Waals surface area contributed by atoms with Crippen molar-refractivity contribution in [3.63, 3.8) is 0 Å². The van der Waals surface area contributed by atoms with Crippen LogP contribution in [0.2, 0.25) is 10.0 Å². The molecule has 2 aliphatic carbocycles. The van der Waals surface area contributed by atoms with Crippen LogP contribution in [0.5, 0.6) is 0 Å². The zero-order chi connectivity index (χ0) is 23.9. The standard InChI is InChI=1S/C23H22Cl2F3N3O2/c1-2-17(31-21(32)11-3-5-12(24)6-4-11)18-14-9-13(10-15(14)18)30-22(33)20-19(25)16(7-8-29-20)23(26,27)28/h3-8,13-15,17-18H,2,9-10H2,1H3,(H,30,33)(H,31,32)/t13?,14-,15+,17?,18?. The van der Waals surface area contributed by atoms with Crippen LogP contribution in [0.4, 0.5) is 13.2 Å². The number of hydrogen-bond donors (Lipinski definition) is 2. The number of carbonyl (C=O) groups is 2. The Morgan fingerprint density at radius 1 is 1.09 bits per heavy atom. The lowest BCUT2D eigenvalue weighted by molar-refractivity contribution is -0.137. The number of pyridine rings is 1. The highest BCUT2D eigenvalue weighted by Gasteiger charge is 2.58. The van der Waals surface area contributed by atoms with E-state index in [4.69, 9.17) is 23.2 Å². The van der Waals surface area contributed by atoms with Crippen molar-refractivity contribution >= 4 is 35.0 Å². The normalized spacial score (nSPS) is 24.7. The number of carbonyl (C=O) groups excluding carboxylic acids is 2. The molecule has 0 radical (unpaired) electrons. The van der Waals surface area contributed by atoms with Crippen LogP contribution >= 0.6 is 23.2 Å². The molecule has 2 saturated carbocycles. The third-order valence-corrected chi connectivity index (χ3v) is 7.22. The molecule has 1 heterocycles. The zero-order valence-corrected chi connectivity index (χ0v) is 19.1. The van der Waals surface area contributed by atoms with E-state index in [1.54, 1.807) is 24.3 Å². The number of benzene rings is 1. The van der Waals surface area contributed by atoms with Gasteiger partial charge in [-0.2, -0.15) is 13.2 Å². The van der Waals surface area contributed by atoms with E-state index in [0.717, 1.165) is 18.7 Å². The Morgan fingerprint density at radius 3 is 2.30 bits per heavy atom. The van der Waals surface area contributed by atoms with Gasteiger partial charge < -0.3 is 10.6 Å². The van der Waals surface area contributed by atoms with E-state index in [0.29, 0.717) is 41.2 Å². The Hall–Kier alpha value is -2.32. The number of alkyl halides is 3. The Labute approximate surface area is 199 Å². The van der Waals surface area contributed by atoms with Gasteiger partial charge in [-0.05, 0) is 67.3 Å². The van der Waals surface area contributed by atoms with Crippen LogP contribution in [0.1, 0.15) is 52.6 Å². The minimum Gasteiger partial charge on any atom is -0.349 e. The summed E-state index contributed by atoms with van der Waals surface area (Å²) in [5, 5.41) is 5.74. The maximum Gasteiger partial charge on any atom is 0.417 e. The van der Waals surface area contributed by atoms with Crippen LogP contribution in [0, 0.1) is 17.8 Å². The quantitative estimate of drug-likeness (QED) is 0.561. The van der Waals surface area contributed by atoms with Crippen molar-refractivity contribution in [2.45, 2.75) is 44.4 Å². The smallest absolute Gasteiger partial charge is 0.349 e. The molecule has 3 unspecified atom stereocenters. The Balaban J connectivity index is 1.33. The molecule has 33 heavy (non-hydrogen) atoms. The molecule has 2 amide bonds. The largest absolute Gasteiger partial charge is 0.417 e. The van der Waals surface area contributed by atoms with Crippen LogP contribution in [0.15, 0.2) is 36.5 Å². The first-order valence-corrected chi connectivity index (χ1v) is 11.4. The van der Waals surface area contributed by atoms with E-state index in [2.05, 4.69) is 15.6 Å². The summed E-state index contributed by atoms with van der Waals surface area (Å²) in [4.78, 5) is 28.8. The average Bonchev–Trinajstić information content (AvgIpc) is 3.25. The Bertz CT molecular complexity index is 1050. The van der Waals surface area contributed by atoms with Gasteiger partial charge in [0.05, 0.1) is 10.6 Å². The molecule has 10 heteroatoms. The van der Waals surface area contributed by atoms with Crippen molar-refractivity contribution in [1.82, 2.24) is 15.6 Å². The summed E-state index contributed by atoms with van der Waals surface area (Å²) in [6.45, 7) is 2.02. The minimum atomic E-state index is -4.66. The summed E-state index contributed by atoms with van der Waals surface area (Å²) in [6.07, 6.45) is -1.56. The van der Waals surface area contributed by atoms with E-state index in [9.17, 15) is 22.8 Å². The fourth-order valence-electron chi connectivity index (χ4n) is 5.00. The molecule has 0 aliphatic heterocycles. The summed E-state index contributed by atoms with van der Waals surface area (Å²) >= 11 is 11.7. The lowest BCUT2D eigenvalue weighted by atomic mass is 9.99. The maximum absolute atomic E-state index is 13.0. The van der Waals surface area contributed by atoms with Crippen LogP contribution < -0.4 is 10.6 Å². The molecule has 0 bridgehead atoms. The number of rotatable bonds is 6. The molecule has 5 nitrogen and oxygen atoms in total. The average molecular weight is 500 g/mol. The van der Waals surface area contributed by atoms with Crippen LogP contribution in [-0.4, -0.2) is 28.9 Å². The Morgan fingerprint density at radius 2 is 1.73 bits per heavy atom. The van der Waals surface area contributed by atoms with Gasteiger partial charge in [-0.15, -0.1) is 0 Å². The third kappa shape index (κ3) is 4.96. The van der Waals surface area contributed by atoms with Gasteiger partial charge >= 0.3 is 6.18 Å². The number of nitrogens with zero attached hydrogens (tertiary/aromatic N) is 1. The second-order valence-corrected chi connectivity index (χ2v) is 9.38. The fourth-order valence-corrected chi connectivity index (χ4v) is 5.44. The summed E-state index contributed by atoms with van der Waals surface area (Å²) in [5.41, 5.74) is -0.967. The second-order valence-electron chi connectivity index (χ2n) is 8.56. The fraction of sp³-hybridized carbons (Fsp3) is 0.435. The molecule has 0 spiro atoms. The van der Waals surface area contributed by atoms with E-state index < -0.39 is 28.4 Å². The van der Waals surface area contributed by atoms with Gasteiger partial charge in [-0.3, -0.25) is 9.59 Å². The molecule has 5 atom stereocenters. The van der Waals surface area contributed by atoms with Gasteiger partial charge in [0.1, 0.15) is 5.69 Å². The topological polar surface area (TPSA) is 71.1 Å². The molecule has 1 aromatic heterocycles. The highest BCUT2D eigenvalue weighted by atomic mass is 35.5. The zero-order valence-electron chi connectivity index (χ0n) is 17.6. The van der Waals surface area contributed by atoms with Crippen LogP contribution in [0.3, 0.4) is 0 Å². The first-order valence-electron chi connectivity index (χ1n) is 10.7. The van der Waals surface area contributed by atoms with Gasteiger partial charge in [0.15, 0.2) is 0 Å². The minimum absolute atomic E-state index is 0.0133. The van der Waals surface area contributed by atoms with Crippen molar-refractivity contribution < 1.29 is 22.8 Å². The SMILES string of the molecule is CCC(NC(=O)c1ccc(Cl)cc1)C1[C@H]2CC(NC(=O)c3nccc(C(F)(F)F)c3Cl)C[C@@H]12. The monoisotopic (exact) mass is 499 g/mol. The first kappa shape index (κ1) is 23.8. The molecule has 176 valence electrons. The molecule has 0 saturated heterocycles. The number of halogens is 5. The number of nitrogens with one attached hydrogen (secondary N) is 2. The van der Waals surface area contributed by atoms with Crippen molar-refractivity contribution in [3.8, 4) is 0 Å². The number of fused-ring (bicyclic) bond motifs is 1. The van der Waals surface area contributed by atoms with E-state index in [1.807, 2.05) is 6.92 Å². The van der Waals surface area contributed by atoms with E-state index in [-0.39, 0.29) is 18.0 Å². The molecular weight excluding hydrogens is 478 g/mol. The van der Waals surface area contributed by atoms with Gasteiger partial charge in [-0.25, -0.2) is 4.98 Å². The Kier molecular flexibility index (Phi) is 6.60. The molecular formula is C23H22Cl2F3N3O2. The summed E-state index contributed by atoms with van der Waals surface area (Å²) in [6, 6.07) is 7.29. The lowest BCUT2D eigenvalue weighted by Crippen LogP contribution is -2.39. The van der Waals surface area contributed by atoms with Crippen LogP contribution in [-0.2, 0) is 6.18 Å². The molecule has 2 N–H and O–H groups in total. The van der Waals surface area contributed by atoms with Crippen molar-refractivity contribution in [3.05, 3.63) is 63.4 Å². The predicted molar refractivity (Wildman–Crippen MR) is 118 cm³/mol. The van der Waals surface area contributed by atoms with E-state index >= 15 is 0 Å². The van der Waals surface area contributed by atoms with Crippen molar-refractivity contribution in [2.75, 3.05) is 0 Å². The van der Waals surface area contributed by atoms with E-state index in [1.165, 1.54) is 0 Å². The lowest BCUT2D eigenvalue weighted by Gasteiger charge is -2.22. The first-order chi connectivity index (χ1) is 15.6. The second kappa shape index (κ2) is 9.14.